The third kappa shape index (κ3) is 4.14. The number of amides is 1. The molecular weight excluding hydrogens is 416 g/mol. The molecule has 0 aliphatic carbocycles. The van der Waals surface area contributed by atoms with Crippen LogP contribution in [0.25, 0.3) is 0 Å². The number of sulfonamides is 1. The van der Waals surface area contributed by atoms with Crippen molar-refractivity contribution in [2.24, 2.45) is 5.92 Å². The number of ether oxygens (including phenoxy) is 1. The summed E-state index contributed by atoms with van der Waals surface area (Å²) >= 11 is 0. The molecule has 0 bridgehead atoms. The summed E-state index contributed by atoms with van der Waals surface area (Å²) in [6.45, 7) is 7.51. The predicted octanol–water partition coefficient (Wildman–Crippen LogP) is 2.04. The number of aryl methyl sites for hydroxylation is 1. The maximum atomic E-state index is 13.2. The monoisotopic (exact) mass is 446 g/mol. The second kappa shape index (κ2) is 8.37. The van der Waals surface area contributed by atoms with Crippen LogP contribution in [0.4, 0.5) is 0 Å². The summed E-state index contributed by atoms with van der Waals surface area (Å²) in [7, 11) is -3.59. The van der Waals surface area contributed by atoms with Gasteiger partial charge in [0.05, 0.1) is 11.4 Å². The second-order valence-electron chi connectivity index (χ2n) is 8.81. The van der Waals surface area contributed by atoms with Gasteiger partial charge in [-0.05, 0) is 37.3 Å². The first-order valence-corrected chi connectivity index (χ1v) is 12.2. The molecule has 1 spiro atoms. The molecule has 3 heterocycles. The number of aromatic nitrogens is 2. The highest BCUT2D eigenvalue weighted by atomic mass is 32.2. The number of carbonyl (C=O) groups excluding carboxylic acids is 1. The fraction of sp³-hybridized carbons (Fsp3) is 0.545. The molecule has 4 rings (SSSR count). The first-order valence-electron chi connectivity index (χ1n) is 10.8. The van der Waals surface area contributed by atoms with Crippen molar-refractivity contribution < 1.29 is 17.9 Å². The number of hydrogen-bond donors (Lipinski definition) is 1. The SMILES string of the molecule is Cc1ccccc1S(=O)(=O)N1CCC2(CC1)OC(C(=O)NCC(C)C)Cn1ccnc12. The lowest BCUT2D eigenvalue weighted by molar-refractivity contribution is -0.170. The van der Waals surface area contributed by atoms with Crippen molar-refractivity contribution >= 4 is 15.9 Å². The second-order valence-corrected chi connectivity index (χ2v) is 10.7. The molecule has 2 aliphatic heterocycles. The van der Waals surface area contributed by atoms with Crippen LogP contribution in [0.5, 0.6) is 0 Å². The molecule has 9 heteroatoms. The van der Waals surface area contributed by atoms with E-state index >= 15 is 0 Å². The average Bonchev–Trinajstić information content (AvgIpc) is 3.22. The highest BCUT2D eigenvalue weighted by Gasteiger charge is 2.48. The van der Waals surface area contributed by atoms with Gasteiger partial charge >= 0.3 is 0 Å². The number of nitrogens with zero attached hydrogens (tertiary/aromatic N) is 3. The number of imidazole rings is 1. The first-order chi connectivity index (χ1) is 14.7. The van der Waals surface area contributed by atoms with Crippen molar-refractivity contribution in [3.05, 3.63) is 48.0 Å². The summed E-state index contributed by atoms with van der Waals surface area (Å²) in [5.41, 5.74) is -0.0339. The molecule has 0 saturated carbocycles. The summed E-state index contributed by atoms with van der Waals surface area (Å²) in [6.07, 6.45) is 3.84. The summed E-state index contributed by atoms with van der Waals surface area (Å²) in [5.74, 6) is 0.982. The van der Waals surface area contributed by atoms with Gasteiger partial charge in [-0.25, -0.2) is 13.4 Å². The van der Waals surface area contributed by atoms with Crippen molar-refractivity contribution in [2.45, 2.75) is 56.8 Å². The average molecular weight is 447 g/mol. The van der Waals surface area contributed by atoms with E-state index in [1.165, 1.54) is 4.31 Å². The van der Waals surface area contributed by atoms with Crippen LogP contribution < -0.4 is 5.32 Å². The van der Waals surface area contributed by atoms with E-state index in [0.717, 1.165) is 11.4 Å². The Kier molecular flexibility index (Phi) is 5.93. The molecule has 8 nitrogen and oxygen atoms in total. The Balaban J connectivity index is 1.54. The summed E-state index contributed by atoms with van der Waals surface area (Å²) in [4.78, 5) is 17.6. The minimum Gasteiger partial charge on any atom is -0.354 e. The number of carbonyl (C=O) groups is 1. The van der Waals surface area contributed by atoms with Crippen LogP contribution in [0.3, 0.4) is 0 Å². The van der Waals surface area contributed by atoms with Gasteiger partial charge in [-0.2, -0.15) is 4.31 Å². The van der Waals surface area contributed by atoms with Crippen molar-refractivity contribution in [3.63, 3.8) is 0 Å². The normalized spacial score (nSPS) is 21.2. The summed E-state index contributed by atoms with van der Waals surface area (Å²) in [6, 6.07) is 7.03. The molecule has 0 radical (unpaired) electrons. The van der Waals surface area contributed by atoms with Crippen molar-refractivity contribution in [1.29, 1.82) is 0 Å². The molecule has 2 aromatic rings. The Morgan fingerprint density at radius 1 is 1.29 bits per heavy atom. The van der Waals surface area contributed by atoms with Crippen LogP contribution in [0.1, 0.15) is 38.1 Å². The molecule has 1 aromatic heterocycles. The van der Waals surface area contributed by atoms with Gasteiger partial charge < -0.3 is 14.6 Å². The van der Waals surface area contributed by atoms with E-state index in [1.807, 2.05) is 30.7 Å². The van der Waals surface area contributed by atoms with Crippen LogP contribution in [-0.2, 0) is 31.7 Å². The van der Waals surface area contributed by atoms with E-state index < -0.39 is 21.7 Å². The summed E-state index contributed by atoms with van der Waals surface area (Å²) < 4.78 is 36.2. The molecule has 2 aliphatic rings. The number of hydrogen-bond acceptors (Lipinski definition) is 5. The van der Waals surface area contributed by atoms with Crippen molar-refractivity contribution in [1.82, 2.24) is 19.2 Å². The fourth-order valence-corrected chi connectivity index (χ4v) is 6.03. The number of benzene rings is 1. The van der Waals surface area contributed by atoms with Gasteiger partial charge in [0, 0.05) is 32.0 Å². The third-order valence-corrected chi connectivity index (χ3v) is 8.13. The number of rotatable bonds is 5. The minimum atomic E-state index is -3.59. The lowest BCUT2D eigenvalue weighted by Crippen LogP contribution is -2.54. The van der Waals surface area contributed by atoms with Gasteiger partial charge in [0.25, 0.3) is 5.91 Å². The lowest BCUT2D eigenvalue weighted by Gasteiger charge is -2.45. The zero-order valence-corrected chi connectivity index (χ0v) is 19.1. The topological polar surface area (TPSA) is 93.5 Å². The molecule has 1 fully saturated rings. The Labute approximate surface area is 183 Å². The van der Waals surface area contributed by atoms with E-state index in [-0.39, 0.29) is 5.91 Å². The van der Waals surface area contributed by atoms with Gasteiger partial charge in [-0.3, -0.25) is 4.79 Å². The van der Waals surface area contributed by atoms with Crippen LogP contribution in [0, 0.1) is 12.8 Å². The van der Waals surface area contributed by atoms with E-state index in [0.29, 0.717) is 49.8 Å². The van der Waals surface area contributed by atoms with Crippen molar-refractivity contribution in [3.8, 4) is 0 Å². The van der Waals surface area contributed by atoms with Gasteiger partial charge in [0.2, 0.25) is 10.0 Å². The van der Waals surface area contributed by atoms with Crippen LogP contribution in [-0.4, -0.2) is 53.9 Å². The zero-order chi connectivity index (χ0) is 22.2. The Bertz CT molecular complexity index is 1050. The molecule has 1 saturated heterocycles. The van der Waals surface area contributed by atoms with E-state index in [2.05, 4.69) is 10.3 Å². The Morgan fingerprint density at radius 3 is 2.68 bits per heavy atom. The molecule has 1 unspecified atom stereocenters. The smallest absolute Gasteiger partial charge is 0.251 e. The lowest BCUT2D eigenvalue weighted by atomic mass is 9.89. The Morgan fingerprint density at radius 2 is 2.00 bits per heavy atom. The fourth-order valence-electron chi connectivity index (χ4n) is 4.37. The minimum absolute atomic E-state index is 0.137. The highest BCUT2D eigenvalue weighted by molar-refractivity contribution is 7.89. The molecule has 1 aromatic carbocycles. The third-order valence-electron chi connectivity index (χ3n) is 6.07. The van der Waals surface area contributed by atoms with Gasteiger partial charge in [0.15, 0.2) is 6.10 Å². The van der Waals surface area contributed by atoms with Crippen molar-refractivity contribution in [2.75, 3.05) is 19.6 Å². The largest absolute Gasteiger partial charge is 0.354 e. The number of fused-ring (bicyclic) bond motifs is 2. The molecule has 31 heavy (non-hydrogen) atoms. The number of piperidine rings is 1. The van der Waals surface area contributed by atoms with Gasteiger partial charge in [-0.15, -0.1) is 0 Å². The molecular formula is C22H30N4O4S. The maximum absolute atomic E-state index is 13.2. The number of nitrogens with one attached hydrogen (secondary N) is 1. The van der Waals surface area contributed by atoms with Crippen LogP contribution in [0.2, 0.25) is 0 Å². The quantitative estimate of drug-likeness (QED) is 0.759. The highest BCUT2D eigenvalue weighted by Crippen LogP contribution is 2.41. The van der Waals surface area contributed by atoms with Crippen LogP contribution in [0.15, 0.2) is 41.6 Å². The maximum Gasteiger partial charge on any atom is 0.251 e. The zero-order valence-electron chi connectivity index (χ0n) is 18.2. The van der Waals surface area contributed by atoms with Gasteiger partial charge in [-0.1, -0.05) is 32.0 Å². The van der Waals surface area contributed by atoms with E-state index in [4.69, 9.17) is 4.74 Å². The molecule has 1 N–H and O–H groups in total. The predicted molar refractivity (Wildman–Crippen MR) is 116 cm³/mol. The van der Waals surface area contributed by atoms with E-state index in [1.54, 1.807) is 31.3 Å². The molecule has 1 amide bonds. The Hall–Kier alpha value is -2.23. The standard InChI is InChI=1S/C22H30N4O4S/c1-16(2)14-24-20(27)18-15-25-13-10-23-21(25)22(30-18)8-11-26(12-9-22)31(28,29)19-7-5-4-6-17(19)3/h4-7,10,13,16,18H,8-9,11-12,14-15H2,1-3H3,(H,24,27). The molecule has 1 atom stereocenters. The van der Waals surface area contributed by atoms with Crippen LogP contribution >= 0.6 is 0 Å². The van der Waals surface area contributed by atoms with Gasteiger partial charge in [0.1, 0.15) is 11.4 Å². The van der Waals surface area contributed by atoms with E-state index in [9.17, 15) is 13.2 Å². The molecule has 168 valence electrons. The summed E-state index contributed by atoms with van der Waals surface area (Å²) in [5, 5.41) is 2.95. The first kappa shape index (κ1) is 22.0.